The van der Waals surface area contributed by atoms with Crippen LogP contribution in [0.25, 0.3) is 0 Å². The fraction of sp³-hybridized carbons (Fsp3) is 0.321. The highest BCUT2D eigenvalue weighted by atomic mass is 32.2. The van der Waals surface area contributed by atoms with Crippen LogP contribution in [0, 0.1) is 34.6 Å². The molecule has 0 unspecified atom stereocenters. The predicted molar refractivity (Wildman–Crippen MR) is 137 cm³/mol. The van der Waals surface area contributed by atoms with Crippen molar-refractivity contribution in [2.45, 2.75) is 59.0 Å². The van der Waals surface area contributed by atoms with E-state index in [1.807, 2.05) is 58.9 Å². The smallest absolute Gasteiger partial charge is 0.243 e. The first-order valence-electron chi connectivity index (χ1n) is 11.5. The number of benzene rings is 3. The van der Waals surface area contributed by atoms with Gasteiger partial charge in [-0.05, 0) is 81.5 Å². The molecule has 0 aromatic heterocycles. The van der Waals surface area contributed by atoms with E-state index in [1.54, 1.807) is 24.3 Å². The highest BCUT2D eigenvalue weighted by molar-refractivity contribution is 7.89. The number of carbonyl (C=O) groups excluding carboxylic acids is 1. The molecule has 0 aliphatic carbocycles. The number of amides is 1. The first-order valence-corrected chi connectivity index (χ1v) is 12.9. The van der Waals surface area contributed by atoms with Gasteiger partial charge in [0.05, 0.1) is 17.5 Å². The maximum atomic E-state index is 13.5. The zero-order valence-electron chi connectivity index (χ0n) is 20.8. The van der Waals surface area contributed by atoms with Gasteiger partial charge in [-0.2, -0.15) is 4.31 Å². The average Bonchev–Trinajstić information content (AvgIpc) is 2.77. The van der Waals surface area contributed by atoms with Crippen molar-refractivity contribution in [2.24, 2.45) is 0 Å². The van der Waals surface area contributed by atoms with Crippen LogP contribution >= 0.6 is 0 Å². The molecule has 3 rings (SSSR count). The van der Waals surface area contributed by atoms with Gasteiger partial charge in [-0.15, -0.1) is 0 Å². The Kier molecular flexibility index (Phi) is 7.95. The van der Waals surface area contributed by atoms with Gasteiger partial charge in [0.2, 0.25) is 15.9 Å². The van der Waals surface area contributed by atoms with Crippen LogP contribution in [0.1, 0.15) is 51.9 Å². The van der Waals surface area contributed by atoms with E-state index in [9.17, 15) is 13.2 Å². The van der Waals surface area contributed by atoms with Crippen molar-refractivity contribution in [3.05, 3.63) is 99.6 Å². The lowest BCUT2D eigenvalue weighted by atomic mass is 9.96. The molecule has 0 bridgehead atoms. The molecule has 3 aromatic rings. The molecule has 3 aromatic carbocycles. The van der Waals surface area contributed by atoms with Gasteiger partial charge >= 0.3 is 0 Å². The van der Waals surface area contributed by atoms with E-state index in [4.69, 9.17) is 0 Å². The third-order valence-electron chi connectivity index (χ3n) is 6.18. The SMILES string of the molecule is Cc1ccc(CN(CC(=O)N[C@H](C)c2cc(C)c(C)cc2C)S(=O)(=O)c2ccc(C)cc2)cc1. The summed E-state index contributed by atoms with van der Waals surface area (Å²) in [6, 6.07) is 18.3. The van der Waals surface area contributed by atoms with Crippen molar-refractivity contribution in [3.63, 3.8) is 0 Å². The Morgan fingerprint density at radius 2 is 1.35 bits per heavy atom. The van der Waals surface area contributed by atoms with Crippen LogP contribution in [0.15, 0.2) is 65.6 Å². The van der Waals surface area contributed by atoms with Gasteiger partial charge in [0, 0.05) is 6.54 Å². The van der Waals surface area contributed by atoms with Crippen molar-refractivity contribution in [3.8, 4) is 0 Å². The van der Waals surface area contributed by atoms with Crippen LogP contribution in [-0.2, 0) is 21.4 Å². The minimum atomic E-state index is -3.87. The summed E-state index contributed by atoms with van der Waals surface area (Å²) in [6.07, 6.45) is 0. The van der Waals surface area contributed by atoms with E-state index >= 15 is 0 Å². The lowest BCUT2D eigenvalue weighted by molar-refractivity contribution is -0.122. The molecular weight excluding hydrogens is 444 g/mol. The van der Waals surface area contributed by atoms with Crippen LogP contribution in [0.2, 0.25) is 0 Å². The van der Waals surface area contributed by atoms with Gasteiger partial charge in [0.1, 0.15) is 0 Å². The van der Waals surface area contributed by atoms with Gasteiger partial charge in [-0.3, -0.25) is 4.79 Å². The Bertz CT molecular complexity index is 1260. The third kappa shape index (κ3) is 6.13. The second-order valence-corrected chi connectivity index (χ2v) is 11.1. The molecule has 0 fully saturated rings. The largest absolute Gasteiger partial charge is 0.348 e. The molecule has 1 atom stereocenters. The second-order valence-electron chi connectivity index (χ2n) is 9.15. The molecule has 0 aliphatic rings. The van der Waals surface area contributed by atoms with Gasteiger partial charge in [0.25, 0.3) is 0 Å². The number of nitrogens with zero attached hydrogens (tertiary/aromatic N) is 1. The average molecular weight is 479 g/mol. The molecule has 0 saturated carbocycles. The minimum absolute atomic E-state index is 0.112. The van der Waals surface area contributed by atoms with E-state index in [1.165, 1.54) is 9.87 Å². The predicted octanol–water partition coefficient (Wildman–Crippen LogP) is 5.30. The number of sulfonamides is 1. The van der Waals surface area contributed by atoms with Crippen molar-refractivity contribution in [1.82, 2.24) is 9.62 Å². The standard InChI is InChI=1S/C28H34N2O3S/c1-19-7-11-25(12-8-19)17-30(34(32,33)26-13-9-20(2)10-14-26)18-28(31)29-24(6)27-16-22(4)21(3)15-23(27)5/h7-16,24H,17-18H2,1-6H3,(H,29,31)/t24-/m1/s1. The van der Waals surface area contributed by atoms with Crippen LogP contribution in [0.5, 0.6) is 0 Å². The molecule has 1 amide bonds. The normalized spacial score (nSPS) is 12.6. The molecule has 180 valence electrons. The zero-order valence-corrected chi connectivity index (χ0v) is 21.7. The van der Waals surface area contributed by atoms with Crippen LogP contribution in [0.4, 0.5) is 0 Å². The first kappa shape index (κ1) is 25.7. The Morgan fingerprint density at radius 3 is 1.94 bits per heavy atom. The van der Waals surface area contributed by atoms with Gasteiger partial charge < -0.3 is 5.32 Å². The summed E-state index contributed by atoms with van der Waals surface area (Å²) >= 11 is 0. The van der Waals surface area contributed by atoms with E-state index < -0.39 is 10.0 Å². The lowest BCUT2D eigenvalue weighted by Gasteiger charge is -2.24. The topological polar surface area (TPSA) is 66.5 Å². The number of nitrogens with one attached hydrogen (secondary N) is 1. The fourth-order valence-corrected chi connectivity index (χ4v) is 5.34. The molecule has 0 heterocycles. The summed E-state index contributed by atoms with van der Waals surface area (Å²) in [5.74, 6) is -0.340. The number of hydrogen-bond donors (Lipinski definition) is 1. The minimum Gasteiger partial charge on any atom is -0.348 e. The summed E-state index contributed by atoms with van der Waals surface area (Å²) < 4.78 is 28.2. The van der Waals surface area contributed by atoms with Crippen LogP contribution in [-0.4, -0.2) is 25.2 Å². The highest BCUT2D eigenvalue weighted by Gasteiger charge is 2.27. The maximum Gasteiger partial charge on any atom is 0.243 e. The molecule has 0 aliphatic heterocycles. The molecule has 0 radical (unpaired) electrons. The summed E-state index contributed by atoms with van der Waals surface area (Å²) in [4.78, 5) is 13.2. The summed E-state index contributed by atoms with van der Waals surface area (Å²) in [6.45, 7) is 11.8. The molecule has 0 saturated heterocycles. The van der Waals surface area contributed by atoms with Gasteiger partial charge in [-0.25, -0.2) is 8.42 Å². The molecule has 34 heavy (non-hydrogen) atoms. The number of rotatable bonds is 8. The molecule has 5 nitrogen and oxygen atoms in total. The van der Waals surface area contributed by atoms with E-state index in [-0.39, 0.29) is 29.9 Å². The summed E-state index contributed by atoms with van der Waals surface area (Å²) in [7, 11) is -3.87. The maximum absolute atomic E-state index is 13.5. The second kappa shape index (κ2) is 10.5. The zero-order chi connectivity index (χ0) is 25.0. The third-order valence-corrected chi connectivity index (χ3v) is 7.99. The highest BCUT2D eigenvalue weighted by Crippen LogP contribution is 2.23. The summed E-state index contributed by atoms with van der Waals surface area (Å²) in [5, 5.41) is 3.00. The van der Waals surface area contributed by atoms with Crippen LogP contribution < -0.4 is 5.32 Å². The molecule has 0 spiro atoms. The lowest BCUT2D eigenvalue weighted by Crippen LogP contribution is -2.41. The van der Waals surface area contributed by atoms with Crippen LogP contribution in [0.3, 0.4) is 0 Å². The number of hydrogen-bond acceptors (Lipinski definition) is 3. The van der Waals surface area contributed by atoms with Crippen molar-refractivity contribution < 1.29 is 13.2 Å². The number of aryl methyl sites for hydroxylation is 5. The van der Waals surface area contributed by atoms with Crippen molar-refractivity contribution in [1.29, 1.82) is 0 Å². The van der Waals surface area contributed by atoms with Gasteiger partial charge in [0.15, 0.2) is 0 Å². The monoisotopic (exact) mass is 478 g/mol. The summed E-state index contributed by atoms with van der Waals surface area (Å²) in [5.41, 5.74) is 7.37. The van der Waals surface area contributed by atoms with Crippen molar-refractivity contribution in [2.75, 3.05) is 6.54 Å². The van der Waals surface area contributed by atoms with E-state index in [2.05, 4.69) is 24.4 Å². The fourth-order valence-electron chi connectivity index (χ4n) is 3.96. The molecular formula is C28H34N2O3S. The molecule has 6 heteroatoms. The Hall–Kier alpha value is -2.96. The van der Waals surface area contributed by atoms with Gasteiger partial charge in [-0.1, -0.05) is 59.7 Å². The molecule has 1 N–H and O–H groups in total. The Balaban J connectivity index is 1.85. The van der Waals surface area contributed by atoms with E-state index in [0.29, 0.717) is 0 Å². The van der Waals surface area contributed by atoms with E-state index in [0.717, 1.165) is 33.4 Å². The quantitative estimate of drug-likeness (QED) is 0.478. The Morgan fingerprint density at radius 1 is 0.824 bits per heavy atom. The van der Waals surface area contributed by atoms with Crippen molar-refractivity contribution >= 4 is 15.9 Å². The number of carbonyl (C=O) groups is 1. The Labute approximate surface area is 203 Å². The first-order chi connectivity index (χ1) is 16.0.